The van der Waals surface area contributed by atoms with Gasteiger partial charge in [0, 0.05) is 26.3 Å². The number of methoxy groups -OCH3 is 1. The zero-order valence-corrected chi connectivity index (χ0v) is 17.4. The molecule has 7 heteroatoms. The summed E-state index contributed by atoms with van der Waals surface area (Å²) in [7, 11) is 5.59. The van der Waals surface area contributed by atoms with Crippen LogP contribution in [0.15, 0.2) is 59.8 Å². The molecular weight excluding hydrogens is 380 g/mol. The van der Waals surface area contributed by atoms with Gasteiger partial charge in [-0.1, -0.05) is 24.3 Å². The minimum Gasteiger partial charge on any atom is -0.497 e. The Morgan fingerprint density at radius 1 is 1.07 bits per heavy atom. The number of carbonyl (C=O) groups excluding carboxylic acids is 2. The number of carbonyl (C=O) groups is 2. The summed E-state index contributed by atoms with van der Waals surface area (Å²) in [5.74, 6) is 0.776. The average molecular weight is 406 g/mol. The van der Waals surface area contributed by atoms with Crippen LogP contribution in [0, 0.1) is 0 Å². The van der Waals surface area contributed by atoms with E-state index in [2.05, 4.69) is 10.6 Å². The fourth-order valence-corrected chi connectivity index (χ4v) is 3.88. The van der Waals surface area contributed by atoms with Crippen LogP contribution in [-0.4, -0.2) is 51.1 Å². The number of amides is 3. The summed E-state index contributed by atoms with van der Waals surface area (Å²) in [5.41, 5.74) is 4.41. The van der Waals surface area contributed by atoms with Gasteiger partial charge in [-0.2, -0.15) is 0 Å². The zero-order chi connectivity index (χ0) is 21.3. The summed E-state index contributed by atoms with van der Waals surface area (Å²) >= 11 is 0. The summed E-state index contributed by atoms with van der Waals surface area (Å²) in [6.45, 7) is 1.00. The molecular formula is C23H26N4O3. The number of hydrogen-bond donors (Lipinski definition) is 2. The van der Waals surface area contributed by atoms with Gasteiger partial charge in [0.15, 0.2) is 0 Å². The Kier molecular flexibility index (Phi) is 5.35. The third-order valence-electron chi connectivity index (χ3n) is 5.59. The van der Waals surface area contributed by atoms with Crippen molar-refractivity contribution < 1.29 is 14.3 Å². The number of rotatable bonds is 6. The van der Waals surface area contributed by atoms with Crippen molar-refractivity contribution >= 4 is 17.6 Å². The lowest BCUT2D eigenvalue weighted by molar-refractivity contribution is -0.125. The maximum absolute atomic E-state index is 13.2. The van der Waals surface area contributed by atoms with Crippen LogP contribution >= 0.6 is 0 Å². The van der Waals surface area contributed by atoms with Crippen molar-refractivity contribution in [1.29, 1.82) is 0 Å². The van der Waals surface area contributed by atoms with Crippen LogP contribution in [0.1, 0.15) is 17.2 Å². The van der Waals surface area contributed by atoms with E-state index in [1.807, 2.05) is 67.5 Å². The maximum atomic E-state index is 13.2. The Morgan fingerprint density at radius 3 is 2.40 bits per heavy atom. The molecule has 4 rings (SSSR count). The van der Waals surface area contributed by atoms with Gasteiger partial charge in [0.2, 0.25) is 0 Å². The Hall–Kier alpha value is -3.48. The van der Waals surface area contributed by atoms with E-state index in [-0.39, 0.29) is 11.9 Å². The van der Waals surface area contributed by atoms with Gasteiger partial charge in [-0.3, -0.25) is 4.79 Å². The zero-order valence-electron chi connectivity index (χ0n) is 17.4. The van der Waals surface area contributed by atoms with E-state index >= 15 is 0 Å². The van der Waals surface area contributed by atoms with E-state index in [1.165, 1.54) is 0 Å². The molecule has 3 amide bonds. The lowest BCUT2D eigenvalue weighted by Gasteiger charge is -2.26. The molecule has 0 radical (unpaired) electrons. The van der Waals surface area contributed by atoms with Gasteiger partial charge in [0.05, 0.1) is 31.0 Å². The van der Waals surface area contributed by atoms with Crippen LogP contribution in [0.25, 0.3) is 0 Å². The molecule has 0 saturated heterocycles. The first kappa shape index (κ1) is 19.8. The third kappa shape index (κ3) is 3.83. The molecule has 0 unspecified atom stereocenters. The molecule has 0 aliphatic carbocycles. The largest absolute Gasteiger partial charge is 0.497 e. The van der Waals surface area contributed by atoms with Gasteiger partial charge in [0.1, 0.15) is 5.75 Å². The van der Waals surface area contributed by atoms with Gasteiger partial charge in [-0.25, -0.2) is 4.79 Å². The normalized spacial score (nSPS) is 18.1. The number of urea groups is 1. The van der Waals surface area contributed by atoms with Crippen LogP contribution < -0.4 is 20.3 Å². The molecule has 0 saturated carbocycles. The molecule has 0 fully saturated rings. The summed E-state index contributed by atoms with van der Waals surface area (Å²) < 4.78 is 5.19. The van der Waals surface area contributed by atoms with Crippen LogP contribution in [0.3, 0.4) is 0 Å². The Labute approximate surface area is 176 Å². The fourth-order valence-electron chi connectivity index (χ4n) is 3.88. The molecule has 2 aromatic rings. The minimum atomic E-state index is -0.441. The first-order valence-corrected chi connectivity index (χ1v) is 9.96. The summed E-state index contributed by atoms with van der Waals surface area (Å²) in [4.78, 5) is 29.2. The van der Waals surface area contributed by atoms with Crippen LogP contribution in [-0.2, 0) is 11.2 Å². The first-order valence-electron chi connectivity index (χ1n) is 9.96. The van der Waals surface area contributed by atoms with Gasteiger partial charge in [-0.05, 0) is 41.8 Å². The highest BCUT2D eigenvalue weighted by Gasteiger charge is 2.40. The molecule has 2 heterocycles. The summed E-state index contributed by atoms with van der Waals surface area (Å²) in [6, 6.07) is 15.0. The second kappa shape index (κ2) is 8.10. The lowest BCUT2D eigenvalue weighted by atomic mass is 9.96. The highest BCUT2D eigenvalue weighted by Crippen LogP contribution is 2.33. The smallest absolute Gasteiger partial charge is 0.319 e. The molecule has 30 heavy (non-hydrogen) atoms. The van der Waals surface area contributed by atoms with Crippen molar-refractivity contribution in [3.8, 4) is 5.75 Å². The van der Waals surface area contributed by atoms with Crippen molar-refractivity contribution in [2.24, 2.45) is 0 Å². The van der Waals surface area contributed by atoms with Crippen molar-refractivity contribution in [3.63, 3.8) is 0 Å². The number of anilines is 1. The number of hydrogen-bond acceptors (Lipinski definition) is 4. The molecule has 7 nitrogen and oxygen atoms in total. The minimum absolute atomic E-state index is 0.0345. The Balaban J connectivity index is 1.50. The number of nitrogens with zero attached hydrogens (tertiary/aromatic N) is 2. The van der Waals surface area contributed by atoms with Crippen molar-refractivity contribution in [2.45, 2.75) is 12.5 Å². The third-order valence-corrected chi connectivity index (χ3v) is 5.59. The molecule has 0 bridgehead atoms. The van der Waals surface area contributed by atoms with Crippen molar-refractivity contribution in [1.82, 2.24) is 15.5 Å². The quantitative estimate of drug-likeness (QED) is 0.773. The second-order valence-electron chi connectivity index (χ2n) is 7.73. The van der Waals surface area contributed by atoms with E-state index in [0.717, 1.165) is 29.0 Å². The second-order valence-corrected chi connectivity index (χ2v) is 7.73. The molecule has 0 spiro atoms. The molecule has 2 aromatic carbocycles. The SMILES string of the molecule is COc1ccc(CCN2CC3=C(C2=O)[C@H](c2ccc(N(C)C)cc2)NC(=O)N3)cc1. The highest BCUT2D eigenvalue weighted by molar-refractivity contribution is 6.01. The first-order chi connectivity index (χ1) is 14.5. The van der Waals surface area contributed by atoms with Gasteiger partial charge in [0.25, 0.3) is 5.91 Å². The van der Waals surface area contributed by atoms with Crippen LogP contribution in [0.2, 0.25) is 0 Å². The highest BCUT2D eigenvalue weighted by atomic mass is 16.5. The van der Waals surface area contributed by atoms with Gasteiger partial charge in [-0.15, -0.1) is 0 Å². The Morgan fingerprint density at radius 2 is 1.77 bits per heavy atom. The number of nitrogens with one attached hydrogen (secondary N) is 2. The molecule has 2 aliphatic heterocycles. The predicted octanol–water partition coefficient (Wildman–Crippen LogP) is 2.45. The topological polar surface area (TPSA) is 73.9 Å². The van der Waals surface area contributed by atoms with E-state index < -0.39 is 6.04 Å². The predicted molar refractivity (Wildman–Crippen MR) is 115 cm³/mol. The van der Waals surface area contributed by atoms with E-state index in [9.17, 15) is 9.59 Å². The van der Waals surface area contributed by atoms with Crippen LogP contribution in [0.5, 0.6) is 5.75 Å². The van der Waals surface area contributed by atoms with E-state index in [1.54, 1.807) is 12.0 Å². The summed E-state index contributed by atoms with van der Waals surface area (Å²) in [5, 5.41) is 5.73. The molecule has 2 aliphatic rings. The Bertz CT molecular complexity index is 981. The summed E-state index contributed by atoms with van der Waals surface area (Å²) in [6.07, 6.45) is 0.736. The van der Waals surface area contributed by atoms with Crippen LogP contribution in [0.4, 0.5) is 10.5 Å². The van der Waals surface area contributed by atoms with Gasteiger partial charge >= 0.3 is 6.03 Å². The van der Waals surface area contributed by atoms with E-state index in [4.69, 9.17) is 4.74 Å². The lowest BCUT2D eigenvalue weighted by Crippen LogP contribution is -2.44. The van der Waals surface area contributed by atoms with E-state index in [0.29, 0.717) is 24.4 Å². The fraction of sp³-hybridized carbons (Fsp3) is 0.304. The van der Waals surface area contributed by atoms with Gasteiger partial charge < -0.3 is 25.2 Å². The van der Waals surface area contributed by atoms with Crippen molar-refractivity contribution in [2.75, 3.05) is 39.2 Å². The molecule has 1 atom stereocenters. The average Bonchev–Trinajstić information content (AvgIpc) is 3.07. The number of benzene rings is 2. The molecule has 0 aromatic heterocycles. The molecule has 2 N–H and O–H groups in total. The molecule has 156 valence electrons. The maximum Gasteiger partial charge on any atom is 0.319 e. The number of ether oxygens (including phenoxy) is 1. The monoisotopic (exact) mass is 406 g/mol. The van der Waals surface area contributed by atoms with Crippen molar-refractivity contribution in [3.05, 3.63) is 70.9 Å². The standard InChI is InChI=1S/C23H26N4O3/c1-26(2)17-8-6-16(7-9-17)21-20-19(24-23(29)25-21)14-27(22(20)28)13-12-15-4-10-18(30-3)11-5-15/h4-11,21H,12-14H2,1-3H3,(H2,24,25,29)/t21-/m0/s1.